The van der Waals surface area contributed by atoms with E-state index in [-0.39, 0.29) is 11.5 Å². The number of hydrogen-bond acceptors (Lipinski definition) is 5. The Labute approximate surface area is 152 Å². The van der Waals surface area contributed by atoms with Gasteiger partial charge in [-0.15, -0.1) is 0 Å². The van der Waals surface area contributed by atoms with E-state index in [1.807, 2.05) is 0 Å². The van der Waals surface area contributed by atoms with Crippen LogP contribution >= 0.6 is 0 Å². The highest BCUT2D eigenvalue weighted by molar-refractivity contribution is 7.92. The average Bonchev–Trinajstić information content (AvgIpc) is 2.59. The lowest BCUT2D eigenvalue weighted by Crippen LogP contribution is -2.37. The predicted molar refractivity (Wildman–Crippen MR) is 100 cm³/mol. The molecule has 0 spiro atoms. The van der Waals surface area contributed by atoms with Crippen LogP contribution in [-0.2, 0) is 14.8 Å². The van der Waals surface area contributed by atoms with E-state index in [1.54, 1.807) is 42.5 Å². The monoisotopic (exact) mass is 376 g/mol. The van der Waals surface area contributed by atoms with Crippen molar-refractivity contribution >= 4 is 33.1 Å². The molecule has 0 heterocycles. The number of nitrogens with zero attached hydrogens (tertiary/aromatic N) is 1. The third-order valence-corrected chi connectivity index (χ3v) is 4.72. The van der Waals surface area contributed by atoms with Gasteiger partial charge in [0.05, 0.1) is 19.1 Å². The minimum Gasteiger partial charge on any atom is -0.495 e. The van der Waals surface area contributed by atoms with E-state index in [1.165, 1.54) is 20.1 Å². The maximum absolute atomic E-state index is 12.4. The molecule has 0 bridgehead atoms. The van der Waals surface area contributed by atoms with Crippen LogP contribution in [0.15, 0.2) is 48.5 Å². The smallest absolute Gasteiger partial charge is 0.245 e. The van der Waals surface area contributed by atoms with Crippen LogP contribution in [0, 0.1) is 0 Å². The molecule has 2 aromatic carbocycles. The summed E-state index contributed by atoms with van der Waals surface area (Å²) in [6.45, 7) is 0.998. The highest BCUT2D eigenvalue weighted by Gasteiger charge is 2.23. The number of carbonyl (C=O) groups excluding carboxylic acids is 2. The number of sulfonamides is 1. The van der Waals surface area contributed by atoms with Gasteiger partial charge in [-0.3, -0.25) is 13.9 Å². The van der Waals surface area contributed by atoms with E-state index in [2.05, 4.69) is 5.32 Å². The molecule has 8 heteroatoms. The zero-order valence-electron chi connectivity index (χ0n) is 14.7. The molecule has 1 amide bonds. The number of ketones is 1. The summed E-state index contributed by atoms with van der Waals surface area (Å²) in [7, 11) is -2.30. The van der Waals surface area contributed by atoms with Gasteiger partial charge in [0.2, 0.25) is 15.9 Å². The van der Waals surface area contributed by atoms with Gasteiger partial charge in [0.25, 0.3) is 0 Å². The van der Waals surface area contributed by atoms with Crippen molar-refractivity contribution in [2.75, 3.05) is 29.5 Å². The van der Waals surface area contributed by atoms with Gasteiger partial charge >= 0.3 is 0 Å². The molecule has 0 fully saturated rings. The number of ether oxygens (including phenoxy) is 1. The average molecular weight is 376 g/mol. The Morgan fingerprint density at radius 1 is 1.12 bits per heavy atom. The molecule has 26 heavy (non-hydrogen) atoms. The second kappa shape index (κ2) is 8.01. The molecule has 138 valence electrons. The van der Waals surface area contributed by atoms with E-state index in [4.69, 9.17) is 4.74 Å². The summed E-state index contributed by atoms with van der Waals surface area (Å²) in [4.78, 5) is 23.8. The lowest BCUT2D eigenvalue weighted by atomic mass is 10.1. The first-order valence-electron chi connectivity index (χ1n) is 7.74. The third-order valence-electron chi connectivity index (χ3n) is 3.59. The van der Waals surface area contributed by atoms with Crippen LogP contribution in [0.2, 0.25) is 0 Å². The number of Topliss-reactive ketones (excluding diaryl/α,β-unsaturated/α-hetero) is 1. The second-order valence-corrected chi connectivity index (χ2v) is 7.53. The number of benzene rings is 2. The van der Waals surface area contributed by atoms with Crippen molar-refractivity contribution < 1.29 is 22.7 Å². The maximum Gasteiger partial charge on any atom is 0.245 e. The standard InChI is InChI=1S/C18H20N2O5S/c1-13(21)14-7-6-8-15(11-14)19-18(22)12-20(26(3,23)24)16-9-4-5-10-17(16)25-2/h4-11H,12H2,1-3H3,(H,19,22). The molecule has 2 aromatic rings. The van der Waals surface area contributed by atoms with Crippen LogP contribution in [0.25, 0.3) is 0 Å². The molecular weight excluding hydrogens is 356 g/mol. The van der Waals surface area contributed by atoms with Gasteiger partial charge in [0, 0.05) is 11.3 Å². The van der Waals surface area contributed by atoms with Crippen LogP contribution < -0.4 is 14.4 Å². The van der Waals surface area contributed by atoms with Crippen LogP contribution in [0.3, 0.4) is 0 Å². The Balaban J connectivity index is 2.25. The fourth-order valence-corrected chi connectivity index (χ4v) is 3.22. The Bertz CT molecular complexity index is 925. The molecule has 0 atom stereocenters. The number of amides is 1. The SMILES string of the molecule is COc1ccccc1N(CC(=O)Nc1cccc(C(C)=O)c1)S(C)(=O)=O. The highest BCUT2D eigenvalue weighted by Crippen LogP contribution is 2.29. The van der Waals surface area contributed by atoms with Gasteiger partial charge in [0.1, 0.15) is 12.3 Å². The van der Waals surface area contributed by atoms with Crippen LogP contribution in [0.4, 0.5) is 11.4 Å². The van der Waals surface area contributed by atoms with Gasteiger partial charge in [0.15, 0.2) is 5.78 Å². The molecule has 0 aliphatic carbocycles. The molecule has 0 saturated carbocycles. The first-order chi connectivity index (χ1) is 12.2. The largest absolute Gasteiger partial charge is 0.495 e. The second-order valence-electron chi connectivity index (χ2n) is 5.63. The van der Waals surface area contributed by atoms with Crippen molar-refractivity contribution in [3.05, 3.63) is 54.1 Å². The molecule has 0 aliphatic rings. The number of para-hydroxylation sites is 2. The van der Waals surface area contributed by atoms with Gasteiger partial charge in [-0.2, -0.15) is 0 Å². The minimum absolute atomic E-state index is 0.132. The van der Waals surface area contributed by atoms with Crippen LogP contribution in [-0.4, -0.2) is 40.0 Å². The summed E-state index contributed by atoms with van der Waals surface area (Å²) < 4.78 is 30.5. The van der Waals surface area contributed by atoms with Gasteiger partial charge < -0.3 is 10.1 Å². The minimum atomic E-state index is -3.72. The Kier molecular flexibility index (Phi) is 5.99. The molecule has 0 unspecified atom stereocenters. The van der Waals surface area contributed by atoms with Crippen molar-refractivity contribution in [1.29, 1.82) is 0 Å². The summed E-state index contributed by atoms with van der Waals surface area (Å²) in [5, 5.41) is 2.61. The summed E-state index contributed by atoms with van der Waals surface area (Å²) >= 11 is 0. The van der Waals surface area contributed by atoms with Gasteiger partial charge in [-0.1, -0.05) is 24.3 Å². The lowest BCUT2D eigenvalue weighted by Gasteiger charge is -2.23. The summed E-state index contributed by atoms with van der Waals surface area (Å²) in [6.07, 6.45) is 1.02. The van der Waals surface area contributed by atoms with Crippen LogP contribution in [0.1, 0.15) is 17.3 Å². The van der Waals surface area contributed by atoms with E-state index < -0.39 is 22.5 Å². The Morgan fingerprint density at radius 2 is 1.81 bits per heavy atom. The molecule has 0 aliphatic heterocycles. The zero-order chi connectivity index (χ0) is 19.3. The highest BCUT2D eigenvalue weighted by atomic mass is 32.2. The van der Waals surface area contributed by atoms with Crippen molar-refractivity contribution in [2.24, 2.45) is 0 Å². The number of rotatable bonds is 7. The quantitative estimate of drug-likeness (QED) is 0.749. The van der Waals surface area contributed by atoms with E-state index in [9.17, 15) is 18.0 Å². The van der Waals surface area contributed by atoms with E-state index in [0.29, 0.717) is 17.0 Å². The number of anilines is 2. The summed E-state index contributed by atoms with van der Waals surface area (Å²) in [5.74, 6) is -0.334. The zero-order valence-corrected chi connectivity index (χ0v) is 15.5. The lowest BCUT2D eigenvalue weighted by molar-refractivity contribution is -0.114. The predicted octanol–water partition coefficient (Wildman–Crippen LogP) is 2.30. The Morgan fingerprint density at radius 3 is 2.42 bits per heavy atom. The van der Waals surface area contributed by atoms with E-state index in [0.717, 1.165) is 10.6 Å². The molecule has 7 nitrogen and oxygen atoms in total. The van der Waals surface area contributed by atoms with Gasteiger partial charge in [-0.25, -0.2) is 8.42 Å². The van der Waals surface area contributed by atoms with Crippen LogP contribution in [0.5, 0.6) is 5.75 Å². The molecule has 0 aromatic heterocycles. The van der Waals surface area contributed by atoms with E-state index >= 15 is 0 Å². The number of carbonyl (C=O) groups is 2. The topological polar surface area (TPSA) is 92.8 Å². The number of methoxy groups -OCH3 is 1. The molecule has 1 N–H and O–H groups in total. The fraction of sp³-hybridized carbons (Fsp3) is 0.222. The number of hydrogen-bond donors (Lipinski definition) is 1. The van der Waals surface area contributed by atoms with Crippen molar-refractivity contribution in [2.45, 2.75) is 6.92 Å². The van der Waals surface area contributed by atoms with Crippen molar-refractivity contribution in [3.8, 4) is 5.75 Å². The summed E-state index contributed by atoms with van der Waals surface area (Å²) in [6, 6.07) is 13.0. The Hall–Kier alpha value is -2.87. The normalized spacial score (nSPS) is 10.9. The molecule has 0 saturated heterocycles. The third kappa shape index (κ3) is 4.82. The number of nitrogens with one attached hydrogen (secondary N) is 1. The fourth-order valence-electron chi connectivity index (χ4n) is 2.36. The van der Waals surface area contributed by atoms with Crippen molar-refractivity contribution in [3.63, 3.8) is 0 Å². The maximum atomic E-state index is 12.4. The molecule has 0 radical (unpaired) electrons. The van der Waals surface area contributed by atoms with Crippen molar-refractivity contribution in [1.82, 2.24) is 0 Å². The molecule has 2 rings (SSSR count). The summed E-state index contributed by atoms with van der Waals surface area (Å²) in [5.41, 5.74) is 1.13. The first kappa shape index (κ1) is 19.5. The van der Waals surface area contributed by atoms with Gasteiger partial charge in [-0.05, 0) is 31.2 Å². The first-order valence-corrected chi connectivity index (χ1v) is 9.59. The molecular formula is C18H20N2O5S.